The molecule has 0 aliphatic heterocycles. The number of hydrogen-bond donors (Lipinski definition) is 0. The Kier molecular flexibility index (Phi) is 2.36. The molecule has 1 aliphatic carbocycles. The molecule has 0 spiro atoms. The summed E-state index contributed by atoms with van der Waals surface area (Å²) >= 11 is 0. The minimum absolute atomic E-state index is 0.302. The lowest BCUT2D eigenvalue weighted by Gasteiger charge is -2.12. The summed E-state index contributed by atoms with van der Waals surface area (Å²) in [6, 6.07) is -0.541. The second-order valence-corrected chi connectivity index (χ2v) is 2.62. The summed E-state index contributed by atoms with van der Waals surface area (Å²) in [7, 11) is 0. The van der Waals surface area contributed by atoms with Crippen LogP contribution in [0.2, 0.25) is 0 Å². The summed E-state index contributed by atoms with van der Waals surface area (Å²) in [6.45, 7) is 0. The number of allylic oxidation sites excluding steroid dienone is 1. The summed E-state index contributed by atoms with van der Waals surface area (Å²) in [4.78, 5) is 20.2. The Bertz CT molecular complexity index is 210. The van der Waals surface area contributed by atoms with Crippen LogP contribution in [0.3, 0.4) is 0 Å². The van der Waals surface area contributed by atoms with E-state index >= 15 is 0 Å². The molecule has 1 rings (SSSR count). The van der Waals surface area contributed by atoms with Crippen molar-refractivity contribution in [3.8, 4) is 0 Å². The number of nitrogens with zero attached hydrogens (tertiary/aromatic N) is 1. The van der Waals surface area contributed by atoms with Crippen molar-refractivity contribution in [1.82, 2.24) is 0 Å². The summed E-state index contributed by atoms with van der Waals surface area (Å²) in [5.74, 6) is 0. The fourth-order valence-corrected chi connectivity index (χ4v) is 1.19. The van der Waals surface area contributed by atoms with E-state index < -0.39 is 6.04 Å². The molecule has 0 aromatic heterocycles. The van der Waals surface area contributed by atoms with Crippen LogP contribution in [0.1, 0.15) is 19.3 Å². The predicted octanol–water partition coefficient (Wildman–Crippen LogP) is 0.941. The lowest BCUT2D eigenvalue weighted by molar-refractivity contribution is -0.523. The summed E-state index contributed by atoms with van der Waals surface area (Å²) in [6.07, 6.45) is 3.99. The molecule has 0 N–H and O–H groups in total. The van der Waals surface area contributed by atoms with Gasteiger partial charge in [0, 0.05) is 17.8 Å². The van der Waals surface area contributed by atoms with Gasteiger partial charge in [-0.25, -0.2) is 0 Å². The SMILES string of the molecule is O=CC1=CCC[C@H]([N+](=O)[O-])C1. The first-order chi connectivity index (χ1) is 5.24. The topological polar surface area (TPSA) is 60.2 Å². The van der Waals surface area contributed by atoms with Crippen LogP contribution in [-0.4, -0.2) is 17.3 Å². The second kappa shape index (κ2) is 3.27. The number of aldehydes is 1. The van der Waals surface area contributed by atoms with E-state index in [9.17, 15) is 14.9 Å². The molecule has 0 aromatic carbocycles. The highest BCUT2D eigenvalue weighted by Crippen LogP contribution is 2.18. The number of rotatable bonds is 2. The maximum Gasteiger partial charge on any atom is 0.217 e. The van der Waals surface area contributed by atoms with E-state index in [2.05, 4.69) is 0 Å². The van der Waals surface area contributed by atoms with Gasteiger partial charge in [-0.3, -0.25) is 14.9 Å². The highest BCUT2D eigenvalue weighted by atomic mass is 16.6. The van der Waals surface area contributed by atoms with E-state index in [0.29, 0.717) is 31.1 Å². The summed E-state index contributed by atoms with van der Waals surface area (Å²) in [5.41, 5.74) is 0.568. The van der Waals surface area contributed by atoms with Crippen LogP contribution in [0.4, 0.5) is 0 Å². The molecule has 0 aromatic rings. The Balaban J connectivity index is 2.59. The molecule has 0 saturated carbocycles. The van der Waals surface area contributed by atoms with Gasteiger partial charge in [0.1, 0.15) is 6.29 Å². The fourth-order valence-electron chi connectivity index (χ4n) is 1.19. The van der Waals surface area contributed by atoms with E-state index in [-0.39, 0.29) is 4.92 Å². The molecule has 11 heavy (non-hydrogen) atoms. The number of carbonyl (C=O) groups excluding carboxylic acids is 1. The molecule has 0 radical (unpaired) electrons. The van der Waals surface area contributed by atoms with Crippen LogP contribution in [-0.2, 0) is 4.79 Å². The smallest absolute Gasteiger partial charge is 0.217 e. The minimum atomic E-state index is -0.541. The molecular formula is C7H9NO3. The van der Waals surface area contributed by atoms with Gasteiger partial charge in [0.05, 0.1) is 0 Å². The maximum atomic E-state index is 10.3. The molecule has 4 heteroatoms. The summed E-state index contributed by atoms with van der Waals surface area (Å²) in [5, 5.41) is 10.3. The van der Waals surface area contributed by atoms with E-state index in [1.54, 1.807) is 6.08 Å². The third-order valence-corrected chi connectivity index (χ3v) is 1.83. The van der Waals surface area contributed by atoms with Crippen molar-refractivity contribution in [3.63, 3.8) is 0 Å². The molecular weight excluding hydrogens is 146 g/mol. The first-order valence-corrected chi connectivity index (χ1v) is 3.51. The lowest BCUT2D eigenvalue weighted by atomic mass is 9.96. The molecule has 0 amide bonds. The number of hydrogen-bond acceptors (Lipinski definition) is 3. The Hall–Kier alpha value is -1.19. The monoisotopic (exact) mass is 155 g/mol. The van der Waals surface area contributed by atoms with Crippen molar-refractivity contribution in [2.45, 2.75) is 25.3 Å². The molecule has 1 atom stereocenters. The van der Waals surface area contributed by atoms with Gasteiger partial charge in [0.25, 0.3) is 0 Å². The van der Waals surface area contributed by atoms with Crippen molar-refractivity contribution in [1.29, 1.82) is 0 Å². The van der Waals surface area contributed by atoms with Crippen molar-refractivity contribution in [2.75, 3.05) is 0 Å². The first-order valence-electron chi connectivity index (χ1n) is 3.51. The van der Waals surface area contributed by atoms with Crippen molar-refractivity contribution in [2.24, 2.45) is 0 Å². The molecule has 0 heterocycles. The lowest BCUT2D eigenvalue weighted by Crippen LogP contribution is -2.22. The summed E-state index contributed by atoms with van der Waals surface area (Å²) < 4.78 is 0. The van der Waals surface area contributed by atoms with Crippen LogP contribution in [0, 0.1) is 10.1 Å². The largest absolute Gasteiger partial charge is 0.298 e. The molecule has 4 nitrogen and oxygen atoms in total. The van der Waals surface area contributed by atoms with Crippen LogP contribution in [0.5, 0.6) is 0 Å². The van der Waals surface area contributed by atoms with Crippen molar-refractivity contribution < 1.29 is 9.72 Å². The molecule has 1 aliphatic rings. The fraction of sp³-hybridized carbons (Fsp3) is 0.571. The highest BCUT2D eigenvalue weighted by molar-refractivity contribution is 5.73. The Morgan fingerprint density at radius 1 is 1.73 bits per heavy atom. The average molecular weight is 155 g/mol. The Morgan fingerprint density at radius 2 is 2.45 bits per heavy atom. The zero-order valence-corrected chi connectivity index (χ0v) is 6.03. The van der Waals surface area contributed by atoms with Gasteiger partial charge in [-0.1, -0.05) is 6.08 Å². The standard InChI is InChI=1S/C7H9NO3/c9-5-6-2-1-3-7(4-6)8(10)11/h2,5,7H,1,3-4H2/t7-/m0/s1. The minimum Gasteiger partial charge on any atom is -0.298 e. The van der Waals surface area contributed by atoms with Gasteiger partial charge < -0.3 is 0 Å². The second-order valence-electron chi connectivity index (χ2n) is 2.62. The van der Waals surface area contributed by atoms with Gasteiger partial charge in [0.2, 0.25) is 6.04 Å². The third-order valence-electron chi connectivity index (χ3n) is 1.83. The molecule has 0 fully saturated rings. The van der Waals surface area contributed by atoms with Gasteiger partial charge in [-0.15, -0.1) is 0 Å². The van der Waals surface area contributed by atoms with E-state index in [1.165, 1.54) is 0 Å². The van der Waals surface area contributed by atoms with Crippen molar-refractivity contribution in [3.05, 3.63) is 21.8 Å². The van der Waals surface area contributed by atoms with Gasteiger partial charge in [-0.2, -0.15) is 0 Å². The molecule has 0 bridgehead atoms. The van der Waals surface area contributed by atoms with Crippen LogP contribution >= 0.6 is 0 Å². The zero-order chi connectivity index (χ0) is 8.27. The van der Waals surface area contributed by atoms with Gasteiger partial charge in [-0.05, 0) is 12.0 Å². The molecule has 60 valence electrons. The third kappa shape index (κ3) is 1.86. The molecule has 0 saturated heterocycles. The van der Waals surface area contributed by atoms with Gasteiger partial charge >= 0.3 is 0 Å². The normalized spacial score (nSPS) is 24.0. The van der Waals surface area contributed by atoms with E-state index in [1.807, 2.05) is 0 Å². The van der Waals surface area contributed by atoms with E-state index in [4.69, 9.17) is 0 Å². The van der Waals surface area contributed by atoms with E-state index in [0.717, 1.165) is 0 Å². The number of nitro groups is 1. The Morgan fingerprint density at radius 3 is 3.00 bits per heavy atom. The quantitative estimate of drug-likeness (QED) is 0.338. The first kappa shape index (κ1) is 7.91. The molecule has 0 unspecified atom stereocenters. The van der Waals surface area contributed by atoms with Crippen LogP contribution in [0.25, 0.3) is 0 Å². The van der Waals surface area contributed by atoms with Crippen molar-refractivity contribution >= 4 is 6.29 Å². The highest BCUT2D eigenvalue weighted by Gasteiger charge is 2.23. The van der Waals surface area contributed by atoms with Crippen LogP contribution < -0.4 is 0 Å². The maximum absolute atomic E-state index is 10.3. The average Bonchev–Trinajstić information content (AvgIpc) is 2.05. The van der Waals surface area contributed by atoms with Gasteiger partial charge in [0.15, 0.2) is 0 Å². The zero-order valence-electron chi connectivity index (χ0n) is 6.03. The number of carbonyl (C=O) groups is 1. The Labute approximate surface area is 64.0 Å². The predicted molar refractivity (Wildman–Crippen MR) is 38.8 cm³/mol. The van der Waals surface area contributed by atoms with Crippen LogP contribution in [0.15, 0.2) is 11.6 Å².